The van der Waals surface area contributed by atoms with Gasteiger partial charge in [0.15, 0.2) is 0 Å². The molecule has 0 aliphatic heterocycles. The van der Waals surface area contributed by atoms with Crippen LogP contribution in [0.25, 0.3) is 43.8 Å². The molecule has 4 aliphatic carbocycles. The van der Waals surface area contributed by atoms with Crippen molar-refractivity contribution in [2.45, 2.75) is 179 Å². The first-order chi connectivity index (χ1) is 32.3. The maximum atomic E-state index is 10.7. The van der Waals surface area contributed by atoms with Gasteiger partial charge in [-0.3, -0.25) is 0 Å². The van der Waals surface area contributed by atoms with Crippen molar-refractivity contribution < 1.29 is 36.5 Å². The second-order valence-electron chi connectivity index (χ2n) is 20.2. The molecule has 0 N–H and O–H groups in total. The van der Waals surface area contributed by atoms with Crippen LogP contribution in [0.2, 0.25) is 0 Å². The topological polar surface area (TPSA) is 0 Å². The van der Waals surface area contributed by atoms with Crippen molar-refractivity contribution in [1.82, 2.24) is 0 Å². The molecule has 0 atom stereocenters. The van der Waals surface area contributed by atoms with E-state index in [1.54, 1.807) is 22.3 Å². The Balaban J connectivity index is 0.000000251. The number of halogens is 5. The number of alkyl halides is 3. The van der Waals surface area contributed by atoms with Gasteiger partial charge in [0.05, 0.1) is 0 Å². The fourth-order valence-electron chi connectivity index (χ4n) is 11.9. The monoisotopic (exact) mass is 1070 g/mol. The molecular formula is C62H79Cl2F3SiZr-4. The molecule has 10 rings (SSSR count). The zero-order chi connectivity index (χ0) is 46.1. The van der Waals surface area contributed by atoms with Crippen LogP contribution >= 0.6 is 24.8 Å². The third kappa shape index (κ3) is 17.6. The van der Waals surface area contributed by atoms with Crippen molar-refractivity contribution in [2.24, 2.45) is 11.8 Å². The van der Waals surface area contributed by atoms with Gasteiger partial charge in [-0.05, 0) is 84.5 Å². The summed E-state index contributed by atoms with van der Waals surface area (Å²) in [6, 6.07) is 42.7. The van der Waals surface area contributed by atoms with E-state index in [9.17, 15) is 13.2 Å². The summed E-state index contributed by atoms with van der Waals surface area (Å²) in [5.41, 5.74) is 11.8. The first-order valence-electron chi connectivity index (χ1n) is 26.0. The summed E-state index contributed by atoms with van der Waals surface area (Å²) < 4.78 is 32.2. The summed E-state index contributed by atoms with van der Waals surface area (Å²) in [7, 11) is 0. The van der Waals surface area contributed by atoms with Crippen LogP contribution in [0.5, 0.6) is 0 Å². The van der Waals surface area contributed by atoms with E-state index in [2.05, 4.69) is 123 Å². The van der Waals surface area contributed by atoms with Crippen LogP contribution in [0.4, 0.5) is 13.2 Å². The Bertz CT molecular complexity index is 2160. The number of hydrogen-bond acceptors (Lipinski definition) is 0. The van der Waals surface area contributed by atoms with Crippen LogP contribution in [0.3, 0.4) is 0 Å². The van der Waals surface area contributed by atoms with Crippen molar-refractivity contribution in [3.8, 4) is 22.3 Å². The minimum atomic E-state index is -4.07. The normalized spacial score (nSPS) is 17.4. The van der Waals surface area contributed by atoms with Crippen LogP contribution in [-0.4, -0.2) is 13.1 Å². The van der Waals surface area contributed by atoms with Gasteiger partial charge >= 0.3 is 36.4 Å². The zero-order valence-electron chi connectivity index (χ0n) is 41.5. The Labute approximate surface area is 444 Å². The first kappa shape index (κ1) is 59.1. The van der Waals surface area contributed by atoms with Crippen LogP contribution in [0, 0.1) is 26.2 Å². The van der Waals surface area contributed by atoms with E-state index in [-0.39, 0.29) is 32.2 Å². The smallest absolute Gasteiger partial charge is 0.0162 e. The van der Waals surface area contributed by atoms with E-state index in [4.69, 9.17) is 0 Å². The number of benzene rings is 4. The van der Waals surface area contributed by atoms with Crippen LogP contribution in [0.1, 0.15) is 182 Å². The van der Waals surface area contributed by atoms with E-state index >= 15 is 0 Å². The molecule has 6 aromatic rings. The van der Waals surface area contributed by atoms with Crippen molar-refractivity contribution in [1.29, 1.82) is 0 Å². The number of rotatable bonds is 8. The van der Waals surface area contributed by atoms with Gasteiger partial charge in [0, 0.05) is 0 Å². The quantitative estimate of drug-likeness (QED) is 0.0810. The molecular weight excluding hydrogens is 992 g/mol. The fourth-order valence-corrected chi connectivity index (χ4v) is 11.9. The molecule has 0 spiro atoms. The van der Waals surface area contributed by atoms with Gasteiger partial charge in [-0.1, -0.05) is 194 Å². The maximum absolute atomic E-state index is 10.7. The summed E-state index contributed by atoms with van der Waals surface area (Å²) in [6.45, 7) is 5.69. The molecule has 0 saturated heterocycles. The zero-order valence-corrected chi connectivity index (χ0v) is 46.6. The van der Waals surface area contributed by atoms with Crippen LogP contribution in [0.15, 0.2) is 109 Å². The number of fused-ring (bicyclic) bond motifs is 2. The Hall–Kier alpha value is -2.43. The largest absolute Gasteiger partial charge is 0.164 e. The first-order valence-corrected chi connectivity index (χ1v) is 30.2. The van der Waals surface area contributed by atoms with E-state index in [0.29, 0.717) is 0 Å². The molecule has 4 saturated carbocycles. The summed E-state index contributed by atoms with van der Waals surface area (Å²) >= 11 is 1.36. The van der Waals surface area contributed by atoms with Crippen LogP contribution < -0.4 is 0 Å². The van der Waals surface area contributed by atoms with Gasteiger partial charge in [0.1, 0.15) is 0 Å². The minimum Gasteiger partial charge on any atom is -0.164 e. The van der Waals surface area contributed by atoms with Crippen LogP contribution in [-0.2, 0) is 36.2 Å². The minimum absolute atomic E-state index is 0. The van der Waals surface area contributed by atoms with Crippen molar-refractivity contribution >= 4 is 53.2 Å². The predicted molar refractivity (Wildman–Crippen MR) is 294 cm³/mol. The van der Waals surface area contributed by atoms with Gasteiger partial charge in [-0.2, -0.15) is 25.3 Å². The molecule has 374 valence electrons. The average Bonchev–Trinajstić information content (AvgIpc) is 3.75. The molecule has 4 aliphatic rings. The second-order valence-corrected chi connectivity index (χ2v) is 20.2. The third-order valence-corrected chi connectivity index (χ3v) is 15.5. The van der Waals surface area contributed by atoms with E-state index in [0.717, 1.165) is 23.7 Å². The fraction of sp³-hybridized carbons (Fsp3) is 0.484. The van der Waals surface area contributed by atoms with E-state index in [1.807, 2.05) is 0 Å². The average molecular weight is 1070 g/mol. The Morgan fingerprint density at radius 2 is 0.783 bits per heavy atom. The Morgan fingerprint density at radius 3 is 1.10 bits per heavy atom. The van der Waals surface area contributed by atoms with Crippen molar-refractivity contribution in [3.05, 3.63) is 146 Å². The van der Waals surface area contributed by atoms with Gasteiger partial charge in [0.2, 0.25) is 0 Å². The second kappa shape index (κ2) is 30.6. The molecule has 0 bridgehead atoms. The molecule has 69 heavy (non-hydrogen) atoms. The van der Waals surface area contributed by atoms with E-state index in [1.165, 1.54) is 221 Å². The SMILES string of the molecule is Cl.Cl.[CH2-]CC(F)(F)F.[CH3-].[Si]=[Zr].c1cc(-c2ccc(C3CCCCC3)cc2)c2cc(CC3CCCCCC3)[cH-]c2c1.c1cc(-c2ccc(C3CCCCC3)cc2)c2cc(CC3CCCCCC3)[cH-]c2c1. The van der Waals surface area contributed by atoms with Gasteiger partial charge in [-0.15, -0.1) is 93.9 Å². The molecule has 6 aromatic carbocycles. The molecule has 7 heteroatoms. The van der Waals surface area contributed by atoms with Gasteiger partial charge in [-0.25, -0.2) is 0 Å². The van der Waals surface area contributed by atoms with Gasteiger partial charge < -0.3 is 14.4 Å². The molecule has 0 amide bonds. The summed E-state index contributed by atoms with van der Waals surface area (Å²) in [4.78, 5) is 0. The molecule has 0 unspecified atom stereocenters. The summed E-state index contributed by atoms with van der Waals surface area (Å²) in [5, 5.41) is 5.73. The summed E-state index contributed by atoms with van der Waals surface area (Å²) in [6.07, 6.45) is 28.7. The predicted octanol–water partition coefficient (Wildman–Crippen LogP) is 20.3. The summed E-state index contributed by atoms with van der Waals surface area (Å²) in [5.74, 6) is 3.37. The molecule has 0 aromatic heterocycles. The molecule has 2 radical (unpaired) electrons. The van der Waals surface area contributed by atoms with Crippen molar-refractivity contribution in [3.63, 3.8) is 0 Å². The van der Waals surface area contributed by atoms with E-state index < -0.39 is 12.6 Å². The molecule has 0 heterocycles. The third-order valence-electron chi connectivity index (χ3n) is 15.5. The Kier molecular flexibility index (Phi) is 26.2. The van der Waals surface area contributed by atoms with Crippen molar-refractivity contribution in [2.75, 3.05) is 0 Å². The molecule has 0 nitrogen and oxygen atoms in total. The molecule has 4 fully saturated rings. The maximum Gasteiger partial charge on any atom is -0.0162 e. The number of hydrogen-bond donors (Lipinski definition) is 0. The van der Waals surface area contributed by atoms with Gasteiger partial charge in [0.25, 0.3) is 0 Å². The standard InChI is InChI=1S/2C29H35.C3H4F3.CH3.2ClH.Si.Zr/c2*1-2-5-10-22(9-4-1)19-23-20-27-13-8-14-28(29(27)21-23)26-17-15-25(16-18-26)24-11-6-3-7-12-24;1-2-3(4,5)6;;;;;/h2*8,13-18,20-22,24H,1-7,9-12,19H2;1-2H2;1H3;2*1H;;/q4*-1;;;;. The Morgan fingerprint density at radius 1 is 0.478 bits per heavy atom.